The van der Waals surface area contributed by atoms with E-state index < -0.39 is 0 Å². The van der Waals surface area contributed by atoms with Crippen molar-refractivity contribution in [2.75, 3.05) is 36.4 Å². The lowest BCUT2D eigenvalue weighted by Crippen LogP contribution is -2.29. The maximum atomic E-state index is 12.5. The van der Waals surface area contributed by atoms with Gasteiger partial charge >= 0.3 is 0 Å². The van der Waals surface area contributed by atoms with E-state index in [1.165, 1.54) is 18.5 Å². The molecular weight excluding hydrogens is 314 g/mol. The Bertz CT molecular complexity index is 593. The minimum absolute atomic E-state index is 0.0414. The molecule has 0 bridgehead atoms. The molecule has 1 aromatic carbocycles. The van der Waals surface area contributed by atoms with Crippen LogP contribution in [0.3, 0.4) is 0 Å². The van der Waals surface area contributed by atoms with Crippen LogP contribution in [0.2, 0.25) is 0 Å². The van der Waals surface area contributed by atoms with E-state index in [0.717, 1.165) is 44.6 Å². The van der Waals surface area contributed by atoms with E-state index in [4.69, 9.17) is 0 Å². The first-order chi connectivity index (χ1) is 12.2. The molecule has 2 amide bonds. The maximum Gasteiger partial charge on any atom is 0.229 e. The molecule has 2 aliphatic rings. The topological polar surface area (TPSA) is 52.7 Å². The van der Waals surface area contributed by atoms with Crippen molar-refractivity contribution in [2.45, 2.75) is 45.4 Å². The fourth-order valence-corrected chi connectivity index (χ4v) is 3.69. The Kier molecular flexibility index (Phi) is 5.95. The number of rotatable bonds is 7. The van der Waals surface area contributed by atoms with Crippen LogP contribution in [-0.4, -0.2) is 42.9 Å². The number of carbonyl (C=O) groups is 2. The zero-order chi connectivity index (χ0) is 17.6. The average molecular weight is 343 g/mol. The van der Waals surface area contributed by atoms with Crippen molar-refractivity contribution in [3.63, 3.8) is 0 Å². The molecule has 2 aliphatic heterocycles. The summed E-state index contributed by atoms with van der Waals surface area (Å²) in [6.45, 7) is 5.71. The number of benzene rings is 1. The fraction of sp³-hybridized carbons (Fsp3) is 0.600. The van der Waals surface area contributed by atoms with Gasteiger partial charge in [-0.15, -0.1) is 0 Å². The van der Waals surface area contributed by atoms with Crippen LogP contribution < -0.4 is 10.2 Å². The second kappa shape index (κ2) is 8.37. The zero-order valence-electron chi connectivity index (χ0n) is 15.2. The number of carbonyl (C=O) groups excluding carboxylic acids is 2. The average Bonchev–Trinajstić information content (AvgIpc) is 3.26. The number of hydrogen-bond acceptors (Lipinski definition) is 3. The van der Waals surface area contributed by atoms with Crippen LogP contribution in [0, 0.1) is 5.92 Å². The van der Waals surface area contributed by atoms with Gasteiger partial charge in [0, 0.05) is 44.0 Å². The first-order valence-electron chi connectivity index (χ1n) is 9.61. The molecule has 5 heteroatoms. The van der Waals surface area contributed by atoms with Crippen LogP contribution in [0.5, 0.6) is 0 Å². The number of nitrogens with zero attached hydrogens (tertiary/aromatic N) is 2. The highest BCUT2D eigenvalue weighted by atomic mass is 16.2. The summed E-state index contributed by atoms with van der Waals surface area (Å²) in [6.07, 6.45) is 6.13. The monoisotopic (exact) mass is 343 g/mol. The molecule has 2 fully saturated rings. The second-order valence-electron chi connectivity index (χ2n) is 7.18. The summed E-state index contributed by atoms with van der Waals surface area (Å²) < 4.78 is 0. The number of anilines is 2. The van der Waals surface area contributed by atoms with Crippen LogP contribution in [0.1, 0.15) is 45.4 Å². The summed E-state index contributed by atoms with van der Waals surface area (Å²) in [4.78, 5) is 28.8. The highest BCUT2D eigenvalue weighted by Crippen LogP contribution is 2.24. The Morgan fingerprint density at radius 2 is 1.88 bits per heavy atom. The van der Waals surface area contributed by atoms with Gasteiger partial charge in [-0.25, -0.2) is 0 Å². The normalized spacial score (nSPS) is 20.4. The summed E-state index contributed by atoms with van der Waals surface area (Å²) in [5.41, 5.74) is 2.03. The van der Waals surface area contributed by atoms with Crippen LogP contribution in [0.15, 0.2) is 24.3 Å². The molecule has 2 saturated heterocycles. The number of amides is 2. The van der Waals surface area contributed by atoms with Gasteiger partial charge < -0.3 is 15.1 Å². The number of nitrogens with one attached hydrogen (secondary N) is 1. The number of likely N-dealkylation sites (tertiary alicyclic amines) is 1. The molecule has 5 nitrogen and oxygen atoms in total. The largest absolute Gasteiger partial charge is 0.372 e. The third kappa shape index (κ3) is 4.53. The van der Waals surface area contributed by atoms with E-state index in [0.29, 0.717) is 13.0 Å². The molecule has 2 heterocycles. The molecular formula is C20H29N3O2. The van der Waals surface area contributed by atoms with Gasteiger partial charge in [0.1, 0.15) is 0 Å². The zero-order valence-corrected chi connectivity index (χ0v) is 15.2. The first kappa shape index (κ1) is 17.8. The Hall–Kier alpha value is -2.04. The summed E-state index contributed by atoms with van der Waals surface area (Å²) in [5.74, 6) is -0.159. The van der Waals surface area contributed by atoms with E-state index in [1.54, 1.807) is 0 Å². The van der Waals surface area contributed by atoms with Crippen LogP contribution in [0.25, 0.3) is 0 Å². The van der Waals surface area contributed by atoms with E-state index in [2.05, 4.69) is 29.3 Å². The van der Waals surface area contributed by atoms with Gasteiger partial charge in [0.2, 0.25) is 11.8 Å². The van der Waals surface area contributed by atoms with Gasteiger partial charge in [0.25, 0.3) is 0 Å². The quantitative estimate of drug-likeness (QED) is 0.773. The Balaban J connectivity index is 1.51. The standard InChI is InChI=1S/C20H29N3O2/c1-2-3-4-13-23-15-16(14-19(23)24)20(25)21-17-7-9-18(10-8-17)22-11-5-6-12-22/h7-10,16H,2-6,11-15H2,1H3,(H,21,25). The molecule has 0 saturated carbocycles. The van der Waals surface area contributed by atoms with E-state index in [9.17, 15) is 9.59 Å². The molecule has 0 aliphatic carbocycles. The minimum atomic E-state index is -0.229. The third-order valence-corrected chi connectivity index (χ3v) is 5.22. The summed E-state index contributed by atoms with van der Waals surface area (Å²) in [6, 6.07) is 8.05. The Morgan fingerprint density at radius 1 is 1.16 bits per heavy atom. The number of hydrogen-bond donors (Lipinski definition) is 1. The summed E-state index contributed by atoms with van der Waals surface area (Å²) >= 11 is 0. The minimum Gasteiger partial charge on any atom is -0.372 e. The predicted octanol–water partition coefficient (Wildman–Crippen LogP) is 3.26. The maximum absolute atomic E-state index is 12.5. The number of unbranched alkanes of at least 4 members (excludes halogenated alkanes) is 2. The van der Waals surface area contributed by atoms with E-state index >= 15 is 0 Å². The molecule has 1 atom stereocenters. The summed E-state index contributed by atoms with van der Waals surface area (Å²) in [7, 11) is 0. The van der Waals surface area contributed by atoms with Crippen molar-refractivity contribution in [1.82, 2.24) is 4.90 Å². The third-order valence-electron chi connectivity index (χ3n) is 5.22. The van der Waals surface area contributed by atoms with Gasteiger partial charge in [-0.05, 0) is 43.5 Å². The van der Waals surface area contributed by atoms with Crippen molar-refractivity contribution < 1.29 is 9.59 Å². The van der Waals surface area contributed by atoms with E-state index in [-0.39, 0.29) is 17.7 Å². The summed E-state index contributed by atoms with van der Waals surface area (Å²) in [5, 5.41) is 2.97. The van der Waals surface area contributed by atoms with Gasteiger partial charge in [-0.1, -0.05) is 19.8 Å². The molecule has 1 aromatic rings. The van der Waals surface area contributed by atoms with Gasteiger partial charge in [-0.3, -0.25) is 9.59 Å². The van der Waals surface area contributed by atoms with Gasteiger partial charge in [-0.2, -0.15) is 0 Å². The second-order valence-corrected chi connectivity index (χ2v) is 7.18. The molecule has 1 unspecified atom stereocenters. The molecule has 136 valence electrons. The van der Waals surface area contributed by atoms with Crippen molar-refractivity contribution in [3.05, 3.63) is 24.3 Å². The Morgan fingerprint density at radius 3 is 2.56 bits per heavy atom. The van der Waals surface area contributed by atoms with Gasteiger partial charge in [0.05, 0.1) is 5.92 Å². The molecule has 3 rings (SSSR count). The molecule has 0 spiro atoms. The van der Waals surface area contributed by atoms with Crippen LogP contribution >= 0.6 is 0 Å². The van der Waals surface area contributed by atoms with E-state index in [1.807, 2.05) is 17.0 Å². The first-order valence-corrected chi connectivity index (χ1v) is 9.61. The van der Waals surface area contributed by atoms with Gasteiger partial charge in [0.15, 0.2) is 0 Å². The Labute approximate surface area is 150 Å². The lowest BCUT2D eigenvalue weighted by Gasteiger charge is -2.18. The highest BCUT2D eigenvalue weighted by Gasteiger charge is 2.33. The molecule has 0 radical (unpaired) electrons. The lowest BCUT2D eigenvalue weighted by atomic mass is 10.1. The van der Waals surface area contributed by atoms with Crippen LogP contribution in [-0.2, 0) is 9.59 Å². The van der Waals surface area contributed by atoms with Crippen molar-refractivity contribution in [3.8, 4) is 0 Å². The molecule has 0 aromatic heterocycles. The fourth-order valence-electron chi connectivity index (χ4n) is 3.69. The van der Waals surface area contributed by atoms with Crippen molar-refractivity contribution in [1.29, 1.82) is 0 Å². The highest BCUT2D eigenvalue weighted by molar-refractivity contribution is 5.97. The lowest BCUT2D eigenvalue weighted by molar-refractivity contribution is -0.128. The smallest absolute Gasteiger partial charge is 0.229 e. The SMILES string of the molecule is CCCCCN1CC(C(=O)Nc2ccc(N3CCCC3)cc2)CC1=O. The molecule has 25 heavy (non-hydrogen) atoms. The molecule has 1 N–H and O–H groups in total. The predicted molar refractivity (Wildman–Crippen MR) is 101 cm³/mol. The van der Waals surface area contributed by atoms with Crippen molar-refractivity contribution >= 4 is 23.2 Å². The van der Waals surface area contributed by atoms with Crippen LogP contribution in [0.4, 0.5) is 11.4 Å². The van der Waals surface area contributed by atoms with Crippen molar-refractivity contribution in [2.24, 2.45) is 5.92 Å².